The van der Waals surface area contributed by atoms with Gasteiger partial charge in [-0.05, 0) is 39.2 Å². The minimum absolute atomic E-state index is 0.0869. The number of β-amino-alcohol motifs (C(OH)–C–C–N with tert-alkyl or cyclic N) is 1. The molecule has 1 rings (SSSR count). The van der Waals surface area contributed by atoms with Crippen LogP contribution >= 0.6 is 0 Å². The number of rotatable bonds is 3. The summed E-state index contributed by atoms with van der Waals surface area (Å²) in [6.07, 6.45) is 3.47. The monoisotopic (exact) mass is 185 g/mol. The molecule has 0 aromatic carbocycles. The van der Waals surface area contributed by atoms with E-state index >= 15 is 0 Å². The summed E-state index contributed by atoms with van der Waals surface area (Å²) in [7, 11) is 0. The van der Waals surface area contributed by atoms with Gasteiger partial charge in [-0.1, -0.05) is 13.3 Å². The number of likely N-dealkylation sites (tertiary alicyclic amines) is 1. The minimum atomic E-state index is -0.0869. The van der Waals surface area contributed by atoms with Crippen LogP contribution in [0.15, 0.2) is 0 Å². The highest BCUT2D eigenvalue weighted by molar-refractivity contribution is 4.81. The first-order valence-corrected chi connectivity index (χ1v) is 5.57. The molecule has 1 heterocycles. The predicted octanol–water partition coefficient (Wildman–Crippen LogP) is 1.88. The van der Waals surface area contributed by atoms with Crippen molar-refractivity contribution in [3.63, 3.8) is 0 Å². The lowest BCUT2D eigenvalue weighted by Crippen LogP contribution is -2.46. The summed E-state index contributed by atoms with van der Waals surface area (Å²) >= 11 is 0. The smallest absolute Gasteiger partial charge is 0.0695 e. The summed E-state index contributed by atoms with van der Waals surface area (Å²) in [6, 6.07) is 0.581. The zero-order chi connectivity index (χ0) is 9.84. The third-order valence-corrected chi connectivity index (χ3v) is 3.14. The van der Waals surface area contributed by atoms with Gasteiger partial charge in [-0.3, -0.25) is 4.90 Å². The van der Waals surface area contributed by atoms with Crippen molar-refractivity contribution in [1.82, 2.24) is 4.90 Å². The van der Waals surface area contributed by atoms with Crippen LogP contribution in [0.1, 0.15) is 40.0 Å². The molecule has 0 aromatic heterocycles. The predicted molar refractivity (Wildman–Crippen MR) is 55.7 cm³/mol. The molecule has 1 fully saturated rings. The third-order valence-electron chi connectivity index (χ3n) is 3.14. The van der Waals surface area contributed by atoms with Crippen LogP contribution in [0.2, 0.25) is 0 Å². The number of hydrogen-bond acceptors (Lipinski definition) is 2. The third kappa shape index (κ3) is 2.96. The zero-order valence-electron chi connectivity index (χ0n) is 9.16. The first-order valence-electron chi connectivity index (χ1n) is 5.57. The van der Waals surface area contributed by atoms with Crippen LogP contribution in [0.5, 0.6) is 0 Å². The van der Waals surface area contributed by atoms with E-state index in [-0.39, 0.29) is 6.10 Å². The maximum absolute atomic E-state index is 9.88. The molecule has 78 valence electrons. The lowest BCUT2D eigenvalue weighted by molar-refractivity contribution is 0.00629. The second-order valence-corrected chi connectivity index (χ2v) is 4.49. The Hall–Kier alpha value is -0.0800. The van der Waals surface area contributed by atoms with Gasteiger partial charge in [0, 0.05) is 12.6 Å². The van der Waals surface area contributed by atoms with Crippen molar-refractivity contribution in [2.45, 2.75) is 52.2 Å². The van der Waals surface area contributed by atoms with Crippen LogP contribution in [0, 0.1) is 5.92 Å². The molecule has 0 unspecified atom stereocenters. The normalized spacial score (nSPS) is 31.2. The number of piperidine rings is 1. The molecular weight excluding hydrogens is 162 g/mol. The Balaban J connectivity index is 2.37. The van der Waals surface area contributed by atoms with Crippen molar-refractivity contribution in [3.8, 4) is 0 Å². The number of nitrogens with zero attached hydrogens (tertiary/aromatic N) is 1. The van der Waals surface area contributed by atoms with E-state index in [2.05, 4.69) is 25.7 Å². The fourth-order valence-corrected chi connectivity index (χ4v) is 2.18. The number of aliphatic hydroxyl groups is 1. The molecule has 0 amide bonds. The molecule has 2 nitrogen and oxygen atoms in total. The zero-order valence-corrected chi connectivity index (χ0v) is 9.16. The lowest BCUT2D eigenvalue weighted by Gasteiger charge is -2.38. The van der Waals surface area contributed by atoms with Crippen LogP contribution in [-0.4, -0.2) is 35.2 Å². The van der Waals surface area contributed by atoms with Gasteiger partial charge in [-0.15, -0.1) is 0 Å². The lowest BCUT2D eigenvalue weighted by atomic mass is 9.89. The van der Waals surface area contributed by atoms with Gasteiger partial charge in [0.15, 0.2) is 0 Å². The van der Waals surface area contributed by atoms with E-state index in [1.807, 2.05) is 0 Å². The van der Waals surface area contributed by atoms with Gasteiger partial charge in [0.1, 0.15) is 0 Å². The molecule has 1 aliphatic rings. The fourth-order valence-electron chi connectivity index (χ4n) is 2.18. The Morgan fingerprint density at radius 1 is 1.46 bits per heavy atom. The van der Waals surface area contributed by atoms with Crippen molar-refractivity contribution in [1.29, 1.82) is 0 Å². The van der Waals surface area contributed by atoms with Gasteiger partial charge in [0.25, 0.3) is 0 Å². The van der Waals surface area contributed by atoms with E-state index in [1.54, 1.807) is 0 Å². The van der Waals surface area contributed by atoms with Gasteiger partial charge in [0.05, 0.1) is 6.10 Å². The molecule has 0 aliphatic carbocycles. The molecule has 2 heteroatoms. The summed E-state index contributed by atoms with van der Waals surface area (Å²) in [5.74, 6) is 0.556. The summed E-state index contributed by atoms with van der Waals surface area (Å²) in [5, 5.41) is 9.88. The van der Waals surface area contributed by atoms with E-state index in [0.717, 1.165) is 6.54 Å². The Morgan fingerprint density at radius 3 is 2.62 bits per heavy atom. The van der Waals surface area contributed by atoms with E-state index in [4.69, 9.17) is 0 Å². The fraction of sp³-hybridized carbons (Fsp3) is 1.00. The van der Waals surface area contributed by atoms with Gasteiger partial charge >= 0.3 is 0 Å². The molecule has 1 N–H and O–H groups in total. The molecule has 2 atom stereocenters. The minimum Gasteiger partial charge on any atom is -0.392 e. The topological polar surface area (TPSA) is 23.5 Å². The van der Waals surface area contributed by atoms with Gasteiger partial charge < -0.3 is 5.11 Å². The number of hydrogen-bond donors (Lipinski definition) is 1. The first kappa shape index (κ1) is 11.0. The first-order chi connectivity index (χ1) is 6.15. The van der Waals surface area contributed by atoms with Gasteiger partial charge in [-0.2, -0.15) is 0 Å². The molecule has 0 radical (unpaired) electrons. The average molecular weight is 185 g/mol. The second-order valence-electron chi connectivity index (χ2n) is 4.49. The molecule has 13 heavy (non-hydrogen) atoms. The van der Waals surface area contributed by atoms with E-state index in [1.165, 1.54) is 25.8 Å². The average Bonchev–Trinajstić information content (AvgIpc) is 2.08. The maximum Gasteiger partial charge on any atom is 0.0695 e. The van der Waals surface area contributed by atoms with Crippen LogP contribution in [0.3, 0.4) is 0 Å². The Bertz CT molecular complexity index is 147. The highest BCUT2D eigenvalue weighted by Gasteiger charge is 2.27. The summed E-state index contributed by atoms with van der Waals surface area (Å²) < 4.78 is 0. The highest BCUT2D eigenvalue weighted by Crippen LogP contribution is 2.23. The summed E-state index contributed by atoms with van der Waals surface area (Å²) in [4.78, 5) is 2.37. The van der Waals surface area contributed by atoms with Gasteiger partial charge in [-0.25, -0.2) is 0 Å². The Labute approximate surface area is 81.9 Å². The molecule has 1 aliphatic heterocycles. The van der Waals surface area contributed by atoms with E-state index in [9.17, 15) is 5.11 Å². The van der Waals surface area contributed by atoms with E-state index in [0.29, 0.717) is 12.0 Å². The second kappa shape index (κ2) is 4.97. The SMILES string of the molecule is CCC[C@@H]1CCN(C(C)C)C[C@@H]1O. The highest BCUT2D eigenvalue weighted by atomic mass is 16.3. The Morgan fingerprint density at radius 2 is 2.15 bits per heavy atom. The molecule has 1 saturated heterocycles. The molecule has 0 spiro atoms. The molecular formula is C11H23NO. The van der Waals surface area contributed by atoms with Crippen molar-refractivity contribution in [2.75, 3.05) is 13.1 Å². The molecule has 0 bridgehead atoms. The summed E-state index contributed by atoms with van der Waals surface area (Å²) in [5.41, 5.74) is 0. The maximum atomic E-state index is 9.88. The Kier molecular flexibility index (Phi) is 4.20. The van der Waals surface area contributed by atoms with Crippen LogP contribution in [-0.2, 0) is 0 Å². The summed E-state index contributed by atoms with van der Waals surface area (Å²) in [6.45, 7) is 8.64. The number of aliphatic hydroxyl groups excluding tert-OH is 1. The van der Waals surface area contributed by atoms with Crippen molar-refractivity contribution < 1.29 is 5.11 Å². The quantitative estimate of drug-likeness (QED) is 0.725. The van der Waals surface area contributed by atoms with Crippen molar-refractivity contribution >= 4 is 0 Å². The molecule has 0 aromatic rings. The van der Waals surface area contributed by atoms with Crippen LogP contribution in [0.4, 0.5) is 0 Å². The largest absolute Gasteiger partial charge is 0.392 e. The van der Waals surface area contributed by atoms with Crippen LogP contribution < -0.4 is 0 Å². The van der Waals surface area contributed by atoms with Crippen molar-refractivity contribution in [2.24, 2.45) is 5.92 Å². The van der Waals surface area contributed by atoms with Crippen LogP contribution in [0.25, 0.3) is 0 Å². The van der Waals surface area contributed by atoms with E-state index < -0.39 is 0 Å². The standard InChI is InChI=1S/C11H23NO/c1-4-5-10-6-7-12(9(2)3)8-11(10)13/h9-11,13H,4-8H2,1-3H3/t10-,11+/m1/s1. The molecule has 0 saturated carbocycles. The van der Waals surface area contributed by atoms with Gasteiger partial charge in [0.2, 0.25) is 0 Å². The van der Waals surface area contributed by atoms with Crippen molar-refractivity contribution in [3.05, 3.63) is 0 Å².